The number of methoxy groups -OCH3 is 1. The molecule has 0 fully saturated rings. The number of carbonyl (C=O) groups excluding carboxylic acids is 2. The first-order chi connectivity index (χ1) is 16.0. The molecule has 33 heavy (non-hydrogen) atoms. The van der Waals surface area contributed by atoms with Gasteiger partial charge in [-0.15, -0.1) is 0 Å². The maximum atomic E-state index is 12.6. The van der Waals surface area contributed by atoms with Gasteiger partial charge in [0.15, 0.2) is 5.78 Å². The number of benzene rings is 3. The number of rotatable bonds is 7. The molecule has 164 valence electrons. The lowest BCUT2D eigenvalue weighted by Crippen LogP contribution is -2.02. The summed E-state index contributed by atoms with van der Waals surface area (Å²) in [6.07, 6.45) is 3.17. The maximum absolute atomic E-state index is 12.6. The summed E-state index contributed by atoms with van der Waals surface area (Å²) in [7, 11) is 1.31. The summed E-state index contributed by atoms with van der Waals surface area (Å²) in [6.45, 7) is 0.241. The number of nitrogens with zero attached hydrogens (tertiary/aromatic N) is 1. The van der Waals surface area contributed by atoms with E-state index in [1.165, 1.54) is 13.2 Å². The van der Waals surface area contributed by atoms with E-state index in [2.05, 4.69) is 9.72 Å². The van der Waals surface area contributed by atoms with Crippen LogP contribution in [0, 0.1) is 0 Å². The van der Waals surface area contributed by atoms with E-state index in [0.717, 1.165) is 22.0 Å². The van der Waals surface area contributed by atoms with E-state index in [-0.39, 0.29) is 12.4 Å². The van der Waals surface area contributed by atoms with Crippen LogP contribution < -0.4 is 4.74 Å². The third-order valence-corrected chi connectivity index (χ3v) is 5.38. The summed E-state index contributed by atoms with van der Waals surface area (Å²) >= 11 is 6.34. The van der Waals surface area contributed by atoms with E-state index < -0.39 is 5.97 Å². The van der Waals surface area contributed by atoms with Crippen LogP contribution in [0.15, 0.2) is 84.9 Å². The van der Waals surface area contributed by atoms with Crippen LogP contribution in [0.25, 0.3) is 17.0 Å². The van der Waals surface area contributed by atoms with Gasteiger partial charge < -0.3 is 9.47 Å². The highest BCUT2D eigenvalue weighted by atomic mass is 35.5. The number of ether oxygens (including phenoxy) is 2. The Bertz CT molecular complexity index is 1350. The molecule has 0 bridgehead atoms. The number of hydrogen-bond acceptors (Lipinski definition) is 5. The molecule has 0 saturated carbocycles. The van der Waals surface area contributed by atoms with Gasteiger partial charge in [-0.05, 0) is 42.5 Å². The van der Waals surface area contributed by atoms with Crippen molar-refractivity contribution in [2.45, 2.75) is 6.61 Å². The number of esters is 1. The SMILES string of the molecule is COC(=O)c1ccc(C(=O)/C=C/c2ccccc2OCc2cc3ccccc3nc2Cl)cc1. The molecule has 0 aliphatic rings. The first-order valence-electron chi connectivity index (χ1n) is 10.2. The van der Waals surface area contributed by atoms with Gasteiger partial charge >= 0.3 is 5.97 Å². The summed E-state index contributed by atoms with van der Waals surface area (Å²) in [5.74, 6) is -0.0212. The lowest BCUT2D eigenvalue weighted by Gasteiger charge is -2.11. The number of aromatic nitrogens is 1. The molecule has 0 saturated heterocycles. The van der Waals surface area contributed by atoms with E-state index in [9.17, 15) is 9.59 Å². The average Bonchev–Trinajstić information content (AvgIpc) is 2.86. The van der Waals surface area contributed by atoms with Crippen LogP contribution in [0.1, 0.15) is 31.8 Å². The van der Waals surface area contributed by atoms with Crippen molar-refractivity contribution in [2.75, 3.05) is 7.11 Å². The maximum Gasteiger partial charge on any atom is 0.337 e. The Morgan fingerprint density at radius 1 is 0.939 bits per heavy atom. The fourth-order valence-electron chi connectivity index (χ4n) is 3.29. The molecule has 0 atom stereocenters. The summed E-state index contributed by atoms with van der Waals surface area (Å²) in [4.78, 5) is 28.5. The topological polar surface area (TPSA) is 65.5 Å². The number of allylic oxidation sites excluding steroid dienone is 1. The average molecular weight is 458 g/mol. The molecule has 0 amide bonds. The van der Waals surface area contributed by atoms with Crippen molar-refractivity contribution in [3.8, 4) is 5.75 Å². The number of ketones is 1. The molecule has 1 heterocycles. The number of carbonyl (C=O) groups is 2. The zero-order valence-corrected chi connectivity index (χ0v) is 18.6. The second-order valence-electron chi connectivity index (χ2n) is 7.22. The summed E-state index contributed by atoms with van der Waals surface area (Å²) in [6, 6.07) is 23.4. The molecular weight excluding hydrogens is 438 g/mol. The Morgan fingerprint density at radius 3 is 2.42 bits per heavy atom. The van der Waals surface area contributed by atoms with Crippen LogP contribution in [0.3, 0.4) is 0 Å². The van der Waals surface area contributed by atoms with E-state index in [0.29, 0.717) is 22.0 Å². The third-order valence-electron chi connectivity index (χ3n) is 5.06. The van der Waals surface area contributed by atoms with E-state index >= 15 is 0 Å². The van der Waals surface area contributed by atoms with Crippen LogP contribution in [-0.2, 0) is 11.3 Å². The van der Waals surface area contributed by atoms with E-state index in [1.54, 1.807) is 30.3 Å². The molecule has 1 aromatic heterocycles. The number of hydrogen-bond donors (Lipinski definition) is 0. The fraction of sp³-hybridized carbons (Fsp3) is 0.0741. The van der Waals surface area contributed by atoms with Crippen molar-refractivity contribution in [1.29, 1.82) is 0 Å². The minimum atomic E-state index is -0.447. The van der Waals surface area contributed by atoms with Gasteiger partial charge in [0, 0.05) is 22.1 Å². The monoisotopic (exact) mass is 457 g/mol. The number of fused-ring (bicyclic) bond motifs is 1. The minimum Gasteiger partial charge on any atom is -0.488 e. The lowest BCUT2D eigenvalue weighted by molar-refractivity contribution is 0.0600. The molecule has 4 rings (SSSR count). The largest absolute Gasteiger partial charge is 0.488 e. The quantitative estimate of drug-likeness (QED) is 0.144. The predicted molar refractivity (Wildman–Crippen MR) is 129 cm³/mol. The fourth-order valence-corrected chi connectivity index (χ4v) is 3.49. The normalized spacial score (nSPS) is 11.0. The molecule has 0 aliphatic carbocycles. The number of halogens is 1. The predicted octanol–water partition coefficient (Wildman–Crippen LogP) is 6.15. The van der Waals surface area contributed by atoms with Crippen LogP contribution in [-0.4, -0.2) is 23.8 Å². The summed E-state index contributed by atoms with van der Waals surface area (Å²) < 4.78 is 10.7. The molecule has 5 nitrogen and oxygen atoms in total. The minimum absolute atomic E-state index is 0.192. The van der Waals surface area contributed by atoms with Crippen molar-refractivity contribution < 1.29 is 19.1 Å². The molecule has 6 heteroatoms. The van der Waals surface area contributed by atoms with Gasteiger partial charge in [-0.3, -0.25) is 4.79 Å². The van der Waals surface area contributed by atoms with Crippen molar-refractivity contribution in [1.82, 2.24) is 4.98 Å². The van der Waals surface area contributed by atoms with Crippen molar-refractivity contribution in [2.24, 2.45) is 0 Å². The molecule has 3 aromatic carbocycles. The highest BCUT2D eigenvalue weighted by Crippen LogP contribution is 2.25. The first-order valence-corrected chi connectivity index (χ1v) is 10.6. The molecule has 0 spiro atoms. The molecular formula is C27H20ClNO4. The van der Waals surface area contributed by atoms with Crippen LogP contribution in [0.4, 0.5) is 0 Å². The number of pyridine rings is 1. The first kappa shape index (κ1) is 22.2. The van der Waals surface area contributed by atoms with Gasteiger partial charge in [0.25, 0.3) is 0 Å². The van der Waals surface area contributed by atoms with Gasteiger partial charge in [-0.2, -0.15) is 0 Å². The van der Waals surface area contributed by atoms with E-state index in [4.69, 9.17) is 16.3 Å². The van der Waals surface area contributed by atoms with Gasteiger partial charge in [-0.25, -0.2) is 9.78 Å². The summed E-state index contributed by atoms with van der Waals surface area (Å²) in [5.41, 5.74) is 3.20. The Morgan fingerprint density at radius 2 is 1.64 bits per heavy atom. The molecule has 0 unspecified atom stereocenters. The zero-order valence-electron chi connectivity index (χ0n) is 17.8. The second-order valence-corrected chi connectivity index (χ2v) is 7.58. The van der Waals surface area contributed by atoms with Crippen molar-refractivity contribution >= 4 is 40.3 Å². The van der Waals surface area contributed by atoms with Gasteiger partial charge in [0.1, 0.15) is 17.5 Å². The van der Waals surface area contributed by atoms with Crippen LogP contribution >= 0.6 is 11.6 Å². The zero-order chi connectivity index (χ0) is 23.2. The van der Waals surface area contributed by atoms with Gasteiger partial charge in [0.2, 0.25) is 0 Å². The summed E-state index contributed by atoms with van der Waals surface area (Å²) in [5, 5.41) is 1.38. The third kappa shape index (κ3) is 5.27. The number of para-hydroxylation sites is 2. The van der Waals surface area contributed by atoms with Crippen molar-refractivity contribution in [3.05, 3.63) is 112 Å². The highest BCUT2D eigenvalue weighted by Gasteiger charge is 2.09. The van der Waals surface area contributed by atoms with Gasteiger partial charge in [0.05, 0.1) is 18.2 Å². The molecule has 0 N–H and O–H groups in total. The van der Waals surface area contributed by atoms with E-state index in [1.807, 2.05) is 54.6 Å². The standard InChI is InChI=1S/C27H20ClNO4/c1-32-27(31)20-12-10-18(11-13-20)24(30)15-14-19-6-3-5-9-25(19)33-17-22-16-21-7-2-4-8-23(21)29-26(22)28/h2-16H,17H2,1H3/b15-14+. The Kier molecular flexibility index (Phi) is 6.81. The molecule has 0 radical (unpaired) electrons. The smallest absolute Gasteiger partial charge is 0.337 e. The highest BCUT2D eigenvalue weighted by molar-refractivity contribution is 6.30. The molecule has 4 aromatic rings. The van der Waals surface area contributed by atoms with Crippen LogP contribution in [0.2, 0.25) is 5.15 Å². The Hall–Kier alpha value is -3.96. The molecule has 0 aliphatic heterocycles. The van der Waals surface area contributed by atoms with Gasteiger partial charge in [-0.1, -0.05) is 60.1 Å². The Balaban J connectivity index is 1.48. The Labute approximate surface area is 196 Å². The lowest BCUT2D eigenvalue weighted by atomic mass is 10.1. The van der Waals surface area contributed by atoms with Crippen LogP contribution in [0.5, 0.6) is 5.75 Å². The van der Waals surface area contributed by atoms with Crippen molar-refractivity contribution in [3.63, 3.8) is 0 Å². The second kappa shape index (κ2) is 10.1.